The molecular formula is C18H20N2O5S. The Kier molecular flexibility index (Phi) is 4.78. The monoisotopic (exact) mass is 376 g/mol. The lowest BCUT2D eigenvalue weighted by atomic mass is 10.1. The van der Waals surface area contributed by atoms with Crippen molar-refractivity contribution in [2.75, 3.05) is 36.6 Å². The normalized spacial score (nSPS) is 13.3. The van der Waals surface area contributed by atoms with Crippen LogP contribution in [-0.4, -0.2) is 41.3 Å². The number of sulfonamides is 1. The van der Waals surface area contributed by atoms with Crippen LogP contribution in [0.4, 0.5) is 11.4 Å². The van der Waals surface area contributed by atoms with E-state index in [1.165, 1.54) is 17.7 Å². The van der Waals surface area contributed by atoms with Crippen LogP contribution < -0.4 is 19.1 Å². The first-order valence-electron chi connectivity index (χ1n) is 7.97. The Labute approximate surface area is 152 Å². The average Bonchev–Trinajstić information content (AvgIpc) is 3.05. The molecule has 3 rings (SSSR count). The van der Waals surface area contributed by atoms with Gasteiger partial charge in [-0.05, 0) is 42.3 Å². The quantitative estimate of drug-likeness (QED) is 0.865. The summed E-state index contributed by atoms with van der Waals surface area (Å²) >= 11 is 0. The molecule has 0 bridgehead atoms. The number of fused-ring (bicyclic) bond motifs is 1. The van der Waals surface area contributed by atoms with Crippen molar-refractivity contribution in [3.63, 3.8) is 0 Å². The van der Waals surface area contributed by atoms with Gasteiger partial charge in [0.25, 0.3) is 5.91 Å². The first kappa shape index (κ1) is 18.1. The van der Waals surface area contributed by atoms with Crippen LogP contribution in [0.3, 0.4) is 0 Å². The predicted octanol–water partition coefficient (Wildman–Crippen LogP) is 2.28. The smallest absolute Gasteiger partial charge is 0.255 e. The maximum atomic E-state index is 12.5. The number of carbonyl (C=O) groups excluding carboxylic acids is 1. The van der Waals surface area contributed by atoms with E-state index in [9.17, 15) is 13.2 Å². The number of amides is 1. The van der Waals surface area contributed by atoms with Crippen LogP contribution in [0.2, 0.25) is 0 Å². The van der Waals surface area contributed by atoms with E-state index in [2.05, 4.69) is 5.32 Å². The fourth-order valence-corrected chi connectivity index (χ4v) is 3.93. The van der Waals surface area contributed by atoms with Crippen LogP contribution in [0, 0.1) is 0 Å². The molecule has 0 fully saturated rings. The van der Waals surface area contributed by atoms with E-state index >= 15 is 0 Å². The number of nitrogens with zero attached hydrogens (tertiary/aromatic N) is 1. The fourth-order valence-electron chi connectivity index (χ4n) is 2.97. The van der Waals surface area contributed by atoms with Crippen molar-refractivity contribution in [2.24, 2.45) is 0 Å². The van der Waals surface area contributed by atoms with Gasteiger partial charge in [-0.1, -0.05) is 0 Å². The molecule has 0 unspecified atom stereocenters. The predicted molar refractivity (Wildman–Crippen MR) is 99.8 cm³/mol. The molecule has 1 aliphatic rings. The summed E-state index contributed by atoms with van der Waals surface area (Å²) in [6.07, 6.45) is 1.76. The molecule has 0 saturated heterocycles. The van der Waals surface area contributed by atoms with Crippen molar-refractivity contribution < 1.29 is 22.7 Å². The average molecular weight is 376 g/mol. The SMILES string of the molecule is COc1ccc(NC(=O)c2ccc3c(c2)CCN3S(C)(=O)=O)cc1OC. The number of methoxy groups -OCH3 is 2. The second kappa shape index (κ2) is 6.87. The zero-order valence-electron chi connectivity index (χ0n) is 14.8. The van der Waals surface area contributed by atoms with Crippen LogP contribution in [0.25, 0.3) is 0 Å². The highest BCUT2D eigenvalue weighted by Gasteiger charge is 2.26. The van der Waals surface area contributed by atoms with E-state index in [0.29, 0.717) is 41.4 Å². The lowest BCUT2D eigenvalue weighted by molar-refractivity contribution is 0.102. The molecule has 0 radical (unpaired) electrons. The molecule has 1 amide bonds. The number of hydrogen-bond acceptors (Lipinski definition) is 5. The maximum Gasteiger partial charge on any atom is 0.255 e. The molecule has 1 heterocycles. The van der Waals surface area contributed by atoms with Gasteiger partial charge in [0.15, 0.2) is 11.5 Å². The molecule has 7 nitrogen and oxygen atoms in total. The number of rotatable bonds is 5. The lowest BCUT2D eigenvalue weighted by Crippen LogP contribution is -2.27. The third-order valence-corrected chi connectivity index (χ3v) is 5.42. The third kappa shape index (κ3) is 3.45. The summed E-state index contributed by atoms with van der Waals surface area (Å²) in [5.74, 6) is 0.810. The number of nitrogens with one attached hydrogen (secondary N) is 1. The minimum atomic E-state index is -3.30. The highest BCUT2D eigenvalue weighted by Crippen LogP contribution is 2.32. The second-order valence-corrected chi connectivity index (χ2v) is 7.86. The molecule has 1 N–H and O–H groups in total. The molecule has 0 spiro atoms. The van der Waals surface area contributed by atoms with Crippen molar-refractivity contribution in [2.45, 2.75) is 6.42 Å². The van der Waals surface area contributed by atoms with E-state index in [4.69, 9.17) is 9.47 Å². The lowest BCUT2D eigenvalue weighted by Gasteiger charge is -2.16. The van der Waals surface area contributed by atoms with Gasteiger partial charge in [-0.25, -0.2) is 8.42 Å². The Morgan fingerprint density at radius 1 is 1.08 bits per heavy atom. The van der Waals surface area contributed by atoms with Gasteiger partial charge in [0.05, 0.1) is 26.2 Å². The Morgan fingerprint density at radius 3 is 2.46 bits per heavy atom. The third-order valence-electron chi connectivity index (χ3n) is 4.24. The topological polar surface area (TPSA) is 84.9 Å². The molecule has 26 heavy (non-hydrogen) atoms. The molecule has 0 saturated carbocycles. The van der Waals surface area contributed by atoms with Gasteiger partial charge in [0, 0.05) is 23.9 Å². The summed E-state index contributed by atoms with van der Waals surface area (Å²) in [5, 5.41) is 2.81. The van der Waals surface area contributed by atoms with E-state index in [1.54, 1.807) is 43.5 Å². The van der Waals surface area contributed by atoms with Gasteiger partial charge < -0.3 is 14.8 Å². The summed E-state index contributed by atoms with van der Waals surface area (Å²) in [6, 6.07) is 10.1. The van der Waals surface area contributed by atoms with E-state index in [1.807, 2.05) is 0 Å². The van der Waals surface area contributed by atoms with Crippen molar-refractivity contribution >= 4 is 27.3 Å². The van der Waals surface area contributed by atoms with Crippen LogP contribution >= 0.6 is 0 Å². The summed E-state index contributed by atoms with van der Waals surface area (Å²) < 4.78 is 35.4. The van der Waals surface area contributed by atoms with Crippen molar-refractivity contribution in [3.8, 4) is 11.5 Å². The molecule has 1 aliphatic heterocycles. The fraction of sp³-hybridized carbons (Fsp3) is 0.278. The minimum absolute atomic E-state index is 0.280. The van der Waals surface area contributed by atoms with Gasteiger partial charge in [-0.3, -0.25) is 9.10 Å². The van der Waals surface area contributed by atoms with Gasteiger partial charge >= 0.3 is 0 Å². The molecule has 138 valence electrons. The van der Waals surface area contributed by atoms with Crippen LogP contribution in [0.5, 0.6) is 11.5 Å². The zero-order valence-corrected chi connectivity index (χ0v) is 15.6. The Morgan fingerprint density at radius 2 is 1.81 bits per heavy atom. The van der Waals surface area contributed by atoms with E-state index < -0.39 is 10.0 Å². The minimum Gasteiger partial charge on any atom is -0.493 e. The summed E-state index contributed by atoms with van der Waals surface area (Å²) in [6.45, 7) is 0.398. The summed E-state index contributed by atoms with van der Waals surface area (Å²) in [4.78, 5) is 12.5. The summed E-state index contributed by atoms with van der Waals surface area (Å²) in [5.41, 5.74) is 2.52. The molecule has 8 heteroatoms. The van der Waals surface area contributed by atoms with Crippen molar-refractivity contribution in [1.82, 2.24) is 0 Å². The summed E-state index contributed by atoms with van der Waals surface area (Å²) in [7, 11) is -0.238. The van der Waals surface area contributed by atoms with Gasteiger partial charge in [-0.15, -0.1) is 0 Å². The highest BCUT2D eigenvalue weighted by molar-refractivity contribution is 7.92. The first-order valence-corrected chi connectivity index (χ1v) is 9.82. The van der Waals surface area contributed by atoms with Gasteiger partial charge in [0.2, 0.25) is 10.0 Å². The molecule has 2 aromatic carbocycles. The zero-order chi connectivity index (χ0) is 18.9. The second-order valence-electron chi connectivity index (χ2n) is 5.95. The number of anilines is 2. The molecule has 0 aliphatic carbocycles. The first-order chi connectivity index (χ1) is 12.3. The molecule has 0 atom stereocenters. The van der Waals surface area contributed by atoms with Crippen LogP contribution in [0.1, 0.15) is 15.9 Å². The Balaban J connectivity index is 1.82. The number of ether oxygens (including phenoxy) is 2. The van der Waals surface area contributed by atoms with Gasteiger partial charge in [0.1, 0.15) is 0 Å². The molecule has 2 aromatic rings. The largest absolute Gasteiger partial charge is 0.493 e. The Bertz CT molecular complexity index is 956. The van der Waals surface area contributed by atoms with Crippen LogP contribution in [-0.2, 0) is 16.4 Å². The number of carbonyl (C=O) groups is 1. The number of hydrogen-bond donors (Lipinski definition) is 1. The van der Waals surface area contributed by atoms with Crippen LogP contribution in [0.15, 0.2) is 36.4 Å². The highest BCUT2D eigenvalue weighted by atomic mass is 32.2. The van der Waals surface area contributed by atoms with Crippen molar-refractivity contribution in [1.29, 1.82) is 0 Å². The van der Waals surface area contributed by atoms with E-state index in [-0.39, 0.29) is 5.91 Å². The standard InChI is InChI=1S/C18H20N2O5S/c1-24-16-7-5-14(11-17(16)25-2)19-18(21)13-4-6-15-12(10-13)8-9-20(15)26(3,22)23/h4-7,10-11H,8-9H2,1-3H3,(H,19,21). The number of benzene rings is 2. The molecular weight excluding hydrogens is 356 g/mol. The van der Waals surface area contributed by atoms with Crippen molar-refractivity contribution in [3.05, 3.63) is 47.5 Å². The van der Waals surface area contributed by atoms with Gasteiger partial charge in [-0.2, -0.15) is 0 Å². The van der Waals surface area contributed by atoms with E-state index in [0.717, 1.165) is 5.56 Å². The maximum absolute atomic E-state index is 12.5. The Hall–Kier alpha value is -2.74. The molecule has 0 aromatic heterocycles.